The normalized spacial score (nSPS) is 33.0. The van der Waals surface area contributed by atoms with Gasteiger partial charge in [0.25, 0.3) is 0 Å². The van der Waals surface area contributed by atoms with Gasteiger partial charge in [0, 0.05) is 59.6 Å². The van der Waals surface area contributed by atoms with E-state index in [1.165, 1.54) is 71.6 Å². The summed E-state index contributed by atoms with van der Waals surface area (Å²) in [4.78, 5) is 169. The highest BCUT2D eigenvalue weighted by Gasteiger charge is 2.51. The van der Waals surface area contributed by atoms with E-state index in [0.29, 0.717) is 38.0 Å². The Kier molecular flexibility index (Phi) is 27.3. The van der Waals surface area contributed by atoms with Crippen LogP contribution in [0.25, 0.3) is 0 Å². The Balaban J connectivity index is 1.35. The van der Waals surface area contributed by atoms with Gasteiger partial charge in [-0.3, -0.25) is 52.7 Å². The zero-order valence-corrected chi connectivity index (χ0v) is 58.2. The molecule has 6 fully saturated rings. The van der Waals surface area contributed by atoms with Gasteiger partial charge in [-0.1, -0.05) is 92.4 Å². The molecular weight excluding hydrogens is 1230 g/mol. The van der Waals surface area contributed by atoms with E-state index in [1.807, 2.05) is 20.8 Å². The minimum absolute atomic E-state index is 0.00286. The number of nitrogens with one attached hydrogen (secondary N) is 5. The number of amides is 11. The predicted octanol–water partition coefficient (Wildman–Crippen LogP) is 6.05. The lowest BCUT2D eigenvalue weighted by molar-refractivity contribution is -0.182. The SMILES string of the molecule is CC[C@H](C)[C@@H]1NC(=O)[C@H](CC(C)C)N(C)C(=O)C[C@@H](C)NC(=O)[C@H](C2CCCC2)N(C)C(=O)C2(CCCC2)NC(=O)[C@H](C)NC(=O)[C@H](CCC2CCC(C(F)(F)F)C(Cl)C2)NC(=O)CN(C)C(=O)[C@H](CC2CCC(C)CC2)N(C)C(=O)[C@@H]2CCN2C(=O)[C@H](C)N(C)C1=O. The fourth-order valence-electron chi connectivity index (χ4n) is 15.0. The maximum Gasteiger partial charge on any atom is 0.393 e. The Morgan fingerprint density at radius 1 is 0.624 bits per heavy atom. The minimum Gasteiger partial charge on any atom is -0.351 e. The van der Waals surface area contributed by atoms with Crippen LogP contribution < -0.4 is 26.6 Å². The highest BCUT2D eigenvalue weighted by molar-refractivity contribution is 6.20. The van der Waals surface area contributed by atoms with Crippen molar-refractivity contribution in [2.75, 3.05) is 48.3 Å². The van der Waals surface area contributed by atoms with Gasteiger partial charge >= 0.3 is 6.18 Å². The van der Waals surface area contributed by atoms with Gasteiger partial charge in [-0.2, -0.15) is 13.2 Å². The van der Waals surface area contributed by atoms with Gasteiger partial charge in [0.05, 0.1) is 12.5 Å². The molecule has 11 amide bonds. The Morgan fingerprint density at radius 2 is 1.25 bits per heavy atom. The van der Waals surface area contributed by atoms with Crippen molar-refractivity contribution in [2.45, 2.75) is 268 Å². The molecule has 26 heteroatoms. The number of alkyl halides is 4. The molecule has 2 aliphatic heterocycles. The molecule has 0 aromatic carbocycles. The molecule has 1 spiro atoms. The molecule has 2 saturated heterocycles. The van der Waals surface area contributed by atoms with Crippen molar-refractivity contribution in [1.29, 1.82) is 0 Å². The van der Waals surface area contributed by atoms with E-state index in [-0.39, 0.29) is 101 Å². The molecule has 13 atom stereocenters. The zero-order valence-electron chi connectivity index (χ0n) is 57.5. The number of rotatable bonds is 10. The number of fused-ring (bicyclic) bond motifs is 1. The first kappa shape index (κ1) is 76.3. The number of hydrogen-bond donors (Lipinski definition) is 5. The molecule has 5 N–H and O–H groups in total. The molecule has 0 radical (unpaired) electrons. The van der Waals surface area contributed by atoms with Crippen LogP contribution in [0.3, 0.4) is 0 Å². The predicted molar refractivity (Wildman–Crippen MR) is 345 cm³/mol. The molecule has 0 aromatic rings. The standard InChI is InChI=1S/C67H109ClF3N11O11/c1-14-40(5)55-64(92)78(10)43(8)61(89)82-32-29-50(82)63(91)80(12)52(36-45-23-21-39(4)22-24-45)62(90)77(9)37-53(83)74-49(28-26-44-25-27-47(48(68)35-44)67(69,70)71)58(86)73-42(7)57(85)76-66(30-17-18-31-66)65(93)81(13)56(46-19-15-16-20-46)60(88)72-41(6)34-54(84)79(11)51(33-38(2)3)59(87)75-55/h38-52,55-56H,14-37H2,1-13H3,(H,72,88)(H,73,86)(H,74,83)(H,75,87)(H,76,85)/t39?,40-,41+,42-,43-,44?,45?,47?,48?,49-,50-,51-,52-,55-,56-/m0/s1. The molecule has 6 rings (SSSR count). The molecule has 0 bridgehead atoms. The number of nitrogens with zero attached hydrogens (tertiary/aromatic N) is 6. The fraction of sp³-hybridized carbons (Fsp3) is 0.836. The van der Waals surface area contributed by atoms with Crippen LogP contribution in [0.4, 0.5) is 13.2 Å². The number of halogens is 4. The van der Waals surface area contributed by atoms with Gasteiger partial charge in [-0.25, -0.2) is 0 Å². The lowest BCUT2D eigenvalue weighted by Gasteiger charge is -2.45. The van der Waals surface area contributed by atoms with Crippen molar-refractivity contribution < 1.29 is 65.9 Å². The second-order valence-electron chi connectivity index (χ2n) is 29.1. The summed E-state index contributed by atoms with van der Waals surface area (Å²) in [6, 6.07) is -9.87. The minimum atomic E-state index is -4.50. The van der Waals surface area contributed by atoms with E-state index in [0.717, 1.165) is 38.5 Å². The summed E-state index contributed by atoms with van der Waals surface area (Å²) in [5.41, 5.74) is -1.49. The maximum absolute atomic E-state index is 15.1. The second kappa shape index (κ2) is 33.3. The maximum atomic E-state index is 15.1. The van der Waals surface area contributed by atoms with Crippen LogP contribution in [0, 0.1) is 41.4 Å². The van der Waals surface area contributed by atoms with Crippen molar-refractivity contribution in [3.05, 3.63) is 0 Å². The van der Waals surface area contributed by atoms with Gasteiger partial charge in [0.1, 0.15) is 53.9 Å². The summed E-state index contributed by atoms with van der Waals surface area (Å²) in [5.74, 6) is -8.95. The van der Waals surface area contributed by atoms with Gasteiger partial charge < -0.3 is 56.0 Å². The topological polar surface area (TPSA) is 267 Å². The second-order valence-corrected chi connectivity index (χ2v) is 29.6. The Labute approximate surface area is 554 Å². The van der Waals surface area contributed by atoms with Crippen molar-refractivity contribution in [1.82, 2.24) is 56.0 Å². The van der Waals surface area contributed by atoms with Crippen molar-refractivity contribution in [3.63, 3.8) is 0 Å². The largest absolute Gasteiger partial charge is 0.393 e. The monoisotopic (exact) mass is 1340 g/mol. The fourth-order valence-corrected chi connectivity index (χ4v) is 15.5. The van der Waals surface area contributed by atoms with Crippen LogP contribution >= 0.6 is 11.6 Å². The lowest BCUT2D eigenvalue weighted by atomic mass is 9.79. The summed E-state index contributed by atoms with van der Waals surface area (Å²) >= 11 is 6.34. The Morgan fingerprint density at radius 3 is 1.82 bits per heavy atom. The Hall–Kier alpha value is -5.75. The average molecular weight is 1340 g/mol. The molecular formula is C67H109ClF3N11O11. The lowest BCUT2D eigenvalue weighted by Crippen LogP contribution is -2.65. The van der Waals surface area contributed by atoms with E-state index in [2.05, 4.69) is 33.5 Å². The molecule has 4 saturated carbocycles. The molecule has 3 unspecified atom stereocenters. The van der Waals surface area contributed by atoms with Crippen LogP contribution in [-0.4, -0.2) is 214 Å². The van der Waals surface area contributed by atoms with Gasteiger partial charge in [0.2, 0.25) is 65.0 Å². The first-order chi connectivity index (χ1) is 43.6. The summed E-state index contributed by atoms with van der Waals surface area (Å²) in [5, 5.41) is 13.1. The van der Waals surface area contributed by atoms with E-state index in [9.17, 15) is 61.1 Å². The van der Waals surface area contributed by atoms with Crippen LogP contribution in [0.15, 0.2) is 0 Å². The van der Waals surface area contributed by atoms with Crippen LogP contribution in [0.1, 0.15) is 197 Å². The molecule has 93 heavy (non-hydrogen) atoms. The van der Waals surface area contributed by atoms with E-state index < -0.39 is 155 Å². The molecule has 0 aromatic heterocycles. The third-order valence-corrected chi connectivity index (χ3v) is 22.1. The van der Waals surface area contributed by atoms with Gasteiger partial charge in [0.15, 0.2) is 0 Å². The molecule has 22 nitrogen and oxygen atoms in total. The Bertz CT molecular complexity index is 2670. The van der Waals surface area contributed by atoms with Gasteiger partial charge in [-0.05, 0) is 133 Å². The number of likely N-dealkylation sites (N-methyl/N-ethyl adjacent to an activating group) is 5. The van der Waals surface area contributed by atoms with Crippen molar-refractivity contribution in [3.8, 4) is 0 Å². The number of carbonyl (C=O) groups excluding carboxylic acids is 11. The van der Waals surface area contributed by atoms with Crippen LogP contribution in [0.5, 0.6) is 0 Å². The smallest absolute Gasteiger partial charge is 0.351 e. The summed E-state index contributed by atoms with van der Waals surface area (Å²) in [6.45, 7) is 13.8. The van der Waals surface area contributed by atoms with Gasteiger partial charge in [-0.15, -0.1) is 11.6 Å². The quantitative estimate of drug-likeness (QED) is 0.157. The molecule has 2 heterocycles. The first-order valence-electron chi connectivity index (χ1n) is 34.5. The number of hydrogen-bond acceptors (Lipinski definition) is 11. The highest BCUT2D eigenvalue weighted by atomic mass is 35.5. The molecule has 4 aliphatic carbocycles. The van der Waals surface area contributed by atoms with E-state index in [1.54, 1.807) is 20.8 Å². The summed E-state index contributed by atoms with van der Waals surface area (Å²) < 4.78 is 41.7. The summed E-state index contributed by atoms with van der Waals surface area (Å²) in [7, 11) is 7.38. The highest BCUT2D eigenvalue weighted by Crippen LogP contribution is 2.44. The van der Waals surface area contributed by atoms with Crippen molar-refractivity contribution in [2.24, 2.45) is 41.4 Å². The average Bonchev–Trinajstić information content (AvgIpc) is 1.74. The van der Waals surface area contributed by atoms with E-state index >= 15 is 4.79 Å². The van der Waals surface area contributed by atoms with Crippen molar-refractivity contribution >= 4 is 76.6 Å². The third-order valence-electron chi connectivity index (χ3n) is 21.6. The van der Waals surface area contributed by atoms with E-state index in [4.69, 9.17) is 11.6 Å². The first-order valence-corrected chi connectivity index (χ1v) is 34.9. The number of carbonyl (C=O) groups is 11. The summed E-state index contributed by atoms with van der Waals surface area (Å²) in [6.07, 6.45) is 4.31. The van der Waals surface area contributed by atoms with Crippen LogP contribution in [0.2, 0.25) is 0 Å². The molecule has 526 valence electrons. The molecule has 6 aliphatic rings. The zero-order chi connectivity index (χ0) is 69.1. The van der Waals surface area contributed by atoms with Crippen LogP contribution in [-0.2, 0) is 52.7 Å². The third kappa shape index (κ3) is 19.3.